The molecule has 27 heavy (non-hydrogen) atoms. The number of hydrogen-bond acceptors (Lipinski definition) is 6. The van der Waals surface area contributed by atoms with Crippen LogP contribution in [0.4, 0.5) is 5.69 Å². The highest BCUT2D eigenvalue weighted by Crippen LogP contribution is 2.38. The van der Waals surface area contributed by atoms with E-state index >= 15 is 0 Å². The van der Waals surface area contributed by atoms with Gasteiger partial charge in [-0.1, -0.05) is 37.3 Å². The van der Waals surface area contributed by atoms with Crippen molar-refractivity contribution in [1.82, 2.24) is 0 Å². The van der Waals surface area contributed by atoms with E-state index in [1.807, 2.05) is 37.3 Å². The molecule has 142 valence electrons. The maximum atomic E-state index is 12.2. The van der Waals surface area contributed by atoms with Crippen molar-refractivity contribution in [3.8, 4) is 10.4 Å². The molecule has 0 bridgehead atoms. The number of nitrogens with one attached hydrogen (secondary N) is 1. The van der Waals surface area contributed by atoms with Crippen molar-refractivity contribution in [3.63, 3.8) is 0 Å². The topological polar surface area (TPSA) is 81.7 Å². The van der Waals surface area contributed by atoms with Gasteiger partial charge in [-0.2, -0.15) is 0 Å². The van der Waals surface area contributed by atoms with Crippen LogP contribution in [0, 0.1) is 11.8 Å². The van der Waals surface area contributed by atoms with Gasteiger partial charge in [-0.25, -0.2) is 4.79 Å². The molecule has 1 saturated carbocycles. The number of esters is 2. The summed E-state index contributed by atoms with van der Waals surface area (Å²) in [4.78, 5) is 37.3. The van der Waals surface area contributed by atoms with Crippen LogP contribution in [0.3, 0.4) is 0 Å². The van der Waals surface area contributed by atoms with Crippen LogP contribution in [0.1, 0.15) is 29.9 Å². The van der Waals surface area contributed by atoms with Crippen LogP contribution >= 0.6 is 11.3 Å². The van der Waals surface area contributed by atoms with E-state index in [1.165, 1.54) is 11.3 Å². The minimum Gasteiger partial charge on any atom is -0.462 e. The Morgan fingerprint density at radius 2 is 1.89 bits per heavy atom. The molecule has 1 fully saturated rings. The van der Waals surface area contributed by atoms with Gasteiger partial charge in [0.15, 0.2) is 6.61 Å². The van der Waals surface area contributed by atoms with Gasteiger partial charge in [0.05, 0.1) is 18.2 Å². The number of benzene rings is 1. The van der Waals surface area contributed by atoms with Gasteiger partial charge < -0.3 is 14.8 Å². The maximum Gasteiger partial charge on any atom is 0.350 e. The molecule has 2 atom stereocenters. The van der Waals surface area contributed by atoms with E-state index < -0.39 is 11.9 Å². The van der Waals surface area contributed by atoms with Crippen molar-refractivity contribution in [2.24, 2.45) is 11.8 Å². The highest BCUT2D eigenvalue weighted by atomic mass is 32.1. The first-order valence-electron chi connectivity index (χ1n) is 8.82. The standard InChI is InChI=1S/C20H21NO5S/c1-3-25-20(24)18-15(10-16(27-18)13-7-5-4-6-8-13)21-17(22)11-26-19(23)14-9-12(14)2/h4-8,10,12,14H,3,9,11H2,1-2H3,(H,21,22)/t12-,14-/m1/s1. The monoisotopic (exact) mass is 387 g/mol. The zero-order chi connectivity index (χ0) is 19.4. The Bertz CT molecular complexity index is 845. The largest absolute Gasteiger partial charge is 0.462 e. The van der Waals surface area contributed by atoms with Gasteiger partial charge in [-0.05, 0) is 30.9 Å². The minimum atomic E-state index is -0.496. The summed E-state index contributed by atoms with van der Waals surface area (Å²) in [6.07, 6.45) is 0.804. The number of hydrogen-bond donors (Lipinski definition) is 1. The second-order valence-electron chi connectivity index (χ2n) is 6.42. The van der Waals surface area contributed by atoms with E-state index in [-0.39, 0.29) is 25.1 Å². The van der Waals surface area contributed by atoms with Crippen molar-refractivity contribution >= 4 is 34.9 Å². The molecule has 0 radical (unpaired) electrons. The lowest BCUT2D eigenvalue weighted by Gasteiger charge is -2.07. The fraction of sp³-hybridized carbons (Fsp3) is 0.350. The molecule has 1 aromatic heterocycles. The van der Waals surface area contributed by atoms with Gasteiger partial charge in [-0.3, -0.25) is 9.59 Å². The van der Waals surface area contributed by atoms with Gasteiger partial charge in [0, 0.05) is 4.88 Å². The van der Waals surface area contributed by atoms with Crippen molar-refractivity contribution in [2.45, 2.75) is 20.3 Å². The Balaban J connectivity index is 1.72. The predicted molar refractivity (Wildman–Crippen MR) is 103 cm³/mol. The number of rotatable bonds is 7. The summed E-state index contributed by atoms with van der Waals surface area (Å²) in [5.74, 6) is -1.11. The molecule has 1 N–H and O–H groups in total. The lowest BCUT2D eigenvalue weighted by atomic mass is 10.2. The molecule has 1 aliphatic carbocycles. The Kier molecular flexibility index (Phi) is 5.91. The Hall–Kier alpha value is -2.67. The van der Waals surface area contributed by atoms with Gasteiger partial charge in [0.1, 0.15) is 4.88 Å². The first kappa shape index (κ1) is 19.1. The Morgan fingerprint density at radius 1 is 1.19 bits per heavy atom. The summed E-state index contributed by atoms with van der Waals surface area (Å²) in [7, 11) is 0. The molecule has 6 nitrogen and oxygen atoms in total. The van der Waals surface area contributed by atoms with Crippen LogP contribution in [0.5, 0.6) is 0 Å². The zero-order valence-corrected chi connectivity index (χ0v) is 16.0. The zero-order valence-electron chi connectivity index (χ0n) is 15.2. The summed E-state index contributed by atoms with van der Waals surface area (Å²) >= 11 is 1.25. The third-order valence-electron chi connectivity index (χ3n) is 4.28. The summed E-state index contributed by atoms with van der Waals surface area (Å²) in [6.45, 7) is 3.55. The minimum absolute atomic E-state index is 0.0984. The highest BCUT2D eigenvalue weighted by Gasteiger charge is 2.40. The molecule has 3 rings (SSSR count). The lowest BCUT2D eigenvalue weighted by molar-refractivity contribution is -0.148. The van der Waals surface area contributed by atoms with E-state index in [1.54, 1.807) is 13.0 Å². The lowest BCUT2D eigenvalue weighted by Crippen LogP contribution is -2.22. The van der Waals surface area contributed by atoms with Gasteiger partial charge in [0.2, 0.25) is 0 Å². The van der Waals surface area contributed by atoms with Crippen molar-refractivity contribution in [2.75, 3.05) is 18.5 Å². The predicted octanol–water partition coefficient (Wildman–Crippen LogP) is 3.73. The SMILES string of the molecule is CCOC(=O)c1sc(-c2ccccc2)cc1NC(=O)COC(=O)[C@@H]1C[C@H]1C. The normalized spacial score (nSPS) is 17.9. The molecule has 7 heteroatoms. The van der Waals surface area contributed by atoms with Crippen LogP contribution in [0.2, 0.25) is 0 Å². The molecular formula is C20H21NO5S. The van der Waals surface area contributed by atoms with E-state index in [9.17, 15) is 14.4 Å². The van der Waals surface area contributed by atoms with E-state index in [0.29, 0.717) is 16.5 Å². The quantitative estimate of drug-likeness (QED) is 0.732. The molecule has 1 amide bonds. The number of amides is 1. The van der Waals surface area contributed by atoms with Crippen LogP contribution in [-0.2, 0) is 19.1 Å². The second kappa shape index (κ2) is 8.35. The van der Waals surface area contributed by atoms with E-state index in [0.717, 1.165) is 16.9 Å². The average molecular weight is 387 g/mol. The summed E-state index contributed by atoms with van der Waals surface area (Å²) in [5.41, 5.74) is 1.29. The Labute approximate surface area is 161 Å². The van der Waals surface area contributed by atoms with Crippen molar-refractivity contribution < 1.29 is 23.9 Å². The molecule has 2 aromatic rings. The first-order valence-corrected chi connectivity index (χ1v) is 9.64. The fourth-order valence-electron chi connectivity index (χ4n) is 2.66. The Morgan fingerprint density at radius 3 is 2.52 bits per heavy atom. The molecular weight excluding hydrogens is 366 g/mol. The molecule has 0 aliphatic heterocycles. The maximum absolute atomic E-state index is 12.2. The van der Waals surface area contributed by atoms with Crippen molar-refractivity contribution in [1.29, 1.82) is 0 Å². The van der Waals surface area contributed by atoms with Crippen LogP contribution in [0.25, 0.3) is 10.4 Å². The number of thiophene rings is 1. The van der Waals surface area contributed by atoms with E-state index in [2.05, 4.69) is 5.32 Å². The number of carbonyl (C=O) groups is 3. The molecule has 1 aromatic carbocycles. The third-order valence-corrected chi connectivity index (χ3v) is 5.45. The number of ether oxygens (including phenoxy) is 2. The average Bonchev–Trinajstić information content (AvgIpc) is 3.25. The molecule has 0 saturated heterocycles. The molecule has 0 spiro atoms. The molecule has 1 heterocycles. The smallest absolute Gasteiger partial charge is 0.350 e. The third kappa shape index (κ3) is 4.74. The summed E-state index contributed by atoms with van der Waals surface area (Å²) in [5, 5.41) is 2.66. The van der Waals surface area contributed by atoms with Crippen LogP contribution in [-0.4, -0.2) is 31.1 Å². The van der Waals surface area contributed by atoms with Crippen molar-refractivity contribution in [3.05, 3.63) is 41.3 Å². The number of carbonyl (C=O) groups excluding carboxylic acids is 3. The van der Waals surface area contributed by atoms with Gasteiger partial charge in [-0.15, -0.1) is 11.3 Å². The van der Waals surface area contributed by atoms with Crippen LogP contribution < -0.4 is 5.32 Å². The van der Waals surface area contributed by atoms with Crippen LogP contribution in [0.15, 0.2) is 36.4 Å². The first-order chi connectivity index (χ1) is 13.0. The summed E-state index contributed by atoms with van der Waals surface area (Å²) in [6, 6.07) is 11.3. The second-order valence-corrected chi connectivity index (χ2v) is 7.47. The fourth-order valence-corrected chi connectivity index (χ4v) is 3.67. The molecule has 1 aliphatic rings. The van der Waals surface area contributed by atoms with E-state index in [4.69, 9.17) is 9.47 Å². The van der Waals surface area contributed by atoms with Gasteiger partial charge >= 0.3 is 11.9 Å². The summed E-state index contributed by atoms with van der Waals surface area (Å²) < 4.78 is 10.1. The number of anilines is 1. The molecule has 0 unspecified atom stereocenters. The highest BCUT2D eigenvalue weighted by molar-refractivity contribution is 7.18. The van der Waals surface area contributed by atoms with Gasteiger partial charge in [0.25, 0.3) is 5.91 Å².